The fraction of sp³-hybridized carbons (Fsp3) is 0.741. The van der Waals surface area contributed by atoms with E-state index in [1.807, 2.05) is 25.2 Å². The second-order valence-electron chi connectivity index (χ2n) is 8.94. The summed E-state index contributed by atoms with van der Waals surface area (Å²) in [6.07, 6.45) is 13.6. The van der Waals surface area contributed by atoms with Crippen molar-refractivity contribution in [3.05, 3.63) is 24.5 Å². The van der Waals surface area contributed by atoms with Gasteiger partial charge in [-0.1, -0.05) is 90.6 Å². The maximum Gasteiger partial charge on any atom is 0.327 e. The molecule has 0 fully saturated rings. The maximum absolute atomic E-state index is 12.8. The van der Waals surface area contributed by atoms with Crippen molar-refractivity contribution >= 4 is 17.5 Å². The van der Waals surface area contributed by atoms with Crippen LogP contribution in [-0.4, -0.2) is 63.4 Å². The highest BCUT2D eigenvalue weighted by Crippen LogP contribution is 2.32. The van der Waals surface area contributed by atoms with Crippen molar-refractivity contribution in [3.8, 4) is 0 Å². The summed E-state index contributed by atoms with van der Waals surface area (Å²) in [6, 6.07) is 0. The maximum atomic E-state index is 12.8. The van der Waals surface area contributed by atoms with Gasteiger partial charge in [0, 0.05) is 0 Å². The Hall–Kier alpha value is -2.03. The van der Waals surface area contributed by atoms with E-state index >= 15 is 0 Å². The number of hydrogen-bond donors (Lipinski definition) is 4. The summed E-state index contributed by atoms with van der Waals surface area (Å²) < 4.78 is 4.80. The average molecular weight is 499 g/mol. The quantitative estimate of drug-likeness (QED) is 0.154. The molecule has 0 saturated carbocycles. The molecule has 0 aromatic heterocycles. The molecule has 0 radical (unpaired) electrons. The van der Waals surface area contributed by atoms with Crippen molar-refractivity contribution in [1.29, 1.82) is 0 Å². The fourth-order valence-corrected chi connectivity index (χ4v) is 4.00. The number of aliphatic hydroxyl groups is 3. The summed E-state index contributed by atoms with van der Waals surface area (Å²) in [5.41, 5.74) is -2.82. The van der Waals surface area contributed by atoms with Crippen molar-refractivity contribution < 1.29 is 39.5 Å². The van der Waals surface area contributed by atoms with Gasteiger partial charge in [-0.3, -0.25) is 14.4 Å². The van der Waals surface area contributed by atoms with E-state index < -0.39 is 41.8 Å². The van der Waals surface area contributed by atoms with Gasteiger partial charge in [0.2, 0.25) is 5.41 Å². The largest absolute Gasteiger partial charge is 0.497 e. The van der Waals surface area contributed by atoms with Gasteiger partial charge in [0.15, 0.2) is 11.6 Å². The molecule has 0 saturated heterocycles. The number of hydrogen-bond acceptors (Lipinski definition) is 7. The molecule has 8 heteroatoms. The number of rotatable bonds is 19. The van der Waals surface area contributed by atoms with Crippen LogP contribution >= 0.6 is 0 Å². The van der Waals surface area contributed by atoms with Crippen LogP contribution in [-0.2, 0) is 19.1 Å². The zero-order valence-corrected chi connectivity index (χ0v) is 21.5. The first kappa shape index (κ1) is 33.0. The highest BCUT2D eigenvalue weighted by molar-refractivity contribution is 6.24. The van der Waals surface area contributed by atoms with E-state index in [9.17, 15) is 34.8 Å². The van der Waals surface area contributed by atoms with Crippen molar-refractivity contribution in [2.24, 2.45) is 5.41 Å². The van der Waals surface area contributed by atoms with Gasteiger partial charge < -0.3 is 25.2 Å². The zero-order chi connectivity index (χ0) is 26.5. The molecule has 3 atom stereocenters. The number of Topliss-reactive ketones (excluding diaryl/α,β-unsaturated/α-hetero) is 2. The summed E-state index contributed by atoms with van der Waals surface area (Å²) >= 11 is 0. The number of unbranched alkanes of at least 4 members (excludes halogenated alkanes) is 9. The van der Waals surface area contributed by atoms with Gasteiger partial charge in [-0.2, -0.15) is 0 Å². The molecular formula is C27H46O8. The molecule has 8 nitrogen and oxygen atoms in total. The highest BCUT2D eigenvalue weighted by atomic mass is 16.5. The van der Waals surface area contributed by atoms with Crippen LogP contribution in [0.2, 0.25) is 0 Å². The molecular weight excluding hydrogens is 452 g/mol. The summed E-state index contributed by atoms with van der Waals surface area (Å²) in [4.78, 5) is 37.1. The predicted octanol–water partition coefficient (Wildman–Crippen LogP) is 4.11. The molecule has 202 valence electrons. The van der Waals surface area contributed by atoms with Gasteiger partial charge in [-0.05, 0) is 25.0 Å². The Kier molecular flexibility index (Phi) is 19.0. The molecule has 0 amide bonds. The minimum absolute atomic E-state index is 0.0297. The minimum atomic E-state index is -2.82. The number of allylic oxidation sites excluding steroid dienone is 2. The Labute approximate surface area is 210 Å². The molecule has 1 rings (SSSR count). The second-order valence-corrected chi connectivity index (χ2v) is 8.94. The molecule has 1 aliphatic heterocycles. The number of ketones is 2. The Morgan fingerprint density at radius 2 is 1.40 bits per heavy atom. The van der Waals surface area contributed by atoms with Gasteiger partial charge in [-0.15, -0.1) is 0 Å². The first-order valence-corrected chi connectivity index (χ1v) is 13.0. The summed E-state index contributed by atoms with van der Waals surface area (Å²) in [5.74, 6) is -4.32. The highest BCUT2D eigenvalue weighted by Gasteiger charge is 2.58. The summed E-state index contributed by atoms with van der Waals surface area (Å²) in [7, 11) is 0. The number of carboxylic acid groups (broad SMARTS) is 1. The standard InChI is InChI=1S/C22H40O7.C5H6O/c1-3-5-7-9-11-12-14-17(24)20(27)22(21(28)29,19(26)16-23)18(25)15-13-10-8-6-4-2;1-2-4-6-5-3-1/h17-18,23-25H,3-16H2,1-2H3,(H,28,29);1-4H,5H2. The fourth-order valence-electron chi connectivity index (χ4n) is 4.00. The third kappa shape index (κ3) is 12.0. The van der Waals surface area contributed by atoms with Crippen LogP contribution in [0.15, 0.2) is 24.5 Å². The van der Waals surface area contributed by atoms with E-state index in [1.165, 1.54) is 0 Å². The molecule has 3 unspecified atom stereocenters. The lowest BCUT2D eigenvalue weighted by molar-refractivity contribution is -0.173. The second kappa shape index (κ2) is 20.2. The topological polar surface area (TPSA) is 141 Å². The van der Waals surface area contributed by atoms with Crippen molar-refractivity contribution in [2.75, 3.05) is 13.2 Å². The minimum Gasteiger partial charge on any atom is -0.497 e. The number of ether oxygens (including phenoxy) is 1. The predicted molar refractivity (Wildman–Crippen MR) is 135 cm³/mol. The third-order valence-corrected chi connectivity index (χ3v) is 6.14. The number of carboxylic acids is 1. The smallest absolute Gasteiger partial charge is 0.327 e. The van der Waals surface area contributed by atoms with Crippen LogP contribution in [0.25, 0.3) is 0 Å². The number of aliphatic hydroxyl groups excluding tert-OH is 3. The van der Waals surface area contributed by atoms with Gasteiger partial charge in [0.05, 0.1) is 12.4 Å². The van der Waals surface area contributed by atoms with Crippen LogP contribution in [0, 0.1) is 5.41 Å². The lowest BCUT2D eigenvalue weighted by Crippen LogP contribution is -2.58. The molecule has 1 aliphatic rings. The molecule has 0 aromatic carbocycles. The number of aliphatic carboxylic acids is 1. The van der Waals surface area contributed by atoms with Crippen LogP contribution in [0.5, 0.6) is 0 Å². The first-order valence-electron chi connectivity index (χ1n) is 13.0. The van der Waals surface area contributed by atoms with Crippen molar-refractivity contribution in [3.63, 3.8) is 0 Å². The molecule has 35 heavy (non-hydrogen) atoms. The van der Waals surface area contributed by atoms with E-state index in [4.69, 9.17) is 4.74 Å². The van der Waals surface area contributed by atoms with Crippen molar-refractivity contribution in [1.82, 2.24) is 0 Å². The number of carbonyl (C=O) groups excluding carboxylic acids is 2. The molecule has 0 aromatic rings. The molecule has 0 aliphatic carbocycles. The van der Waals surface area contributed by atoms with Crippen molar-refractivity contribution in [2.45, 2.75) is 110 Å². The molecule has 1 heterocycles. The average Bonchev–Trinajstić information content (AvgIpc) is 2.87. The Bertz CT molecular complexity index is 646. The SMILES string of the molecule is C1=CCOC=C1.CCCCCCCCC(O)C(=O)C(C(=O)O)(C(=O)CO)C(O)CCCCCCC. The van der Waals surface area contributed by atoms with E-state index in [0.717, 1.165) is 64.4 Å². The monoisotopic (exact) mass is 498 g/mol. The molecule has 0 bridgehead atoms. The summed E-state index contributed by atoms with van der Waals surface area (Å²) in [6.45, 7) is 3.69. The van der Waals surface area contributed by atoms with Gasteiger partial charge in [0.25, 0.3) is 0 Å². The van der Waals surface area contributed by atoms with E-state index in [-0.39, 0.29) is 12.8 Å². The van der Waals surface area contributed by atoms with Crippen LogP contribution in [0.3, 0.4) is 0 Å². The van der Waals surface area contributed by atoms with Gasteiger partial charge >= 0.3 is 5.97 Å². The Balaban J connectivity index is 0.00000166. The van der Waals surface area contributed by atoms with Gasteiger partial charge in [-0.25, -0.2) is 0 Å². The van der Waals surface area contributed by atoms with Crippen LogP contribution < -0.4 is 0 Å². The lowest BCUT2D eigenvalue weighted by Gasteiger charge is -2.32. The number of carbonyl (C=O) groups is 3. The molecule has 4 N–H and O–H groups in total. The third-order valence-electron chi connectivity index (χ3n) is 6.14. The lowest BCUT2D eigenvalue weighted by atomic mass is 9.70. The van der Waals surface area contributed by atoms with Crippen LogP contribution in [0.1, 0.15) is 97.3 Å². The van der Waals surface area contributed by atoms with E-state index in [0.29, 0.717) is 12.8 Å². The van der Waals surface area contributed by atoms with E-state index in [1.54, 1.807) is 6.26 Å². The van der Waals surface area contributed by atoms with Crippen LogP contribution in [0.4, 0.5) is 0 Å². The van der Waals surface area contributed by atoms with Gasteiger partial charge in [0.1, 0.15) is 19.3 Å². The zero-order valence-electron chi connectivity index (χ0n) is 21.5. The Morgan fingerprint density at radius 1 is 0.857 bits per heavy atom. The Morgan fingerprint density at radius 3 is 1.80 bits per heavy atom. The normalized spacial score (nSPS) is 15.8. The molecule has 0 spiro atoms. The van der Waals surface area contributed by atoms with E-state index in [2.05, 4.69) is 6.92 Å². The summed E-state index contributed by atoms with van der Waals surface area (Å²) in [5, 5.41) is 39.8. The first-order chi connectivity index (χ1) is 16.8.